The number of nitrogens with zero attached hydrogens (tertiary/aromatic N) is 2. The van der Waals surface area contributed by atoms with Crippen molar-refractivity contribution in [1.82, 2.24) is 10.2 Å². The van der Waals surface area contributed by atoms with E-state index in [1.54, 1.807) is 6.92 Å². The SMILES string of the molecule is Cc1nnc(NC(=O)CC2(CN)CCCCC2)o1. The zero-order valence-corrected chi connectivity index (χ0v) is 10.7. The van der Waals surface area contributed by atoms with Crippen molar-refractivity contribution in [3.63, 3.8) is 0 Å². The lowest BCUT2D eigenvalue weighted by Gasteiger charge is -2.35. The lowest BCUT2D eigenvalue weighted by Crippen LogP contribution is -2.36. The van der Waals surface area contributed by atoms with E-state index in [4.69, 9.17) is 10.2 Å². The lowest BCUT2D eigenvalue weighted by atomic mass is 9.72. The van der Waals surface area contributed by atoms with Crippen LogP contribution in [0, 0.1) is 12.3 Å². The summed E-state index contributed by atoms with van der Waals surface area (Å²) in [5.74, 6) is 0.350. The molecule has 18 heavy (non-hydrogen) atoms. The van der Waals surface area contributed by atoms with Crippen LogP contribution in [0.5, 0.6) is 0 Å². The number of carbonyl (C=O) groups is 1. The molecule has 6 nitrogen and oxygen atoms in total. The largest absolute Gasteiger partial charge is 0.408 e. The minimum absolute atomic E-state index is 0.0442. The van der Waals surface area contributed by atoms with Crippen LogP contribution in [-0.2, 0) is 4.79 Å². The Hall–Kier alpha value is -1.43. The Kier molecular flexibility index (Phi) is 3.96. The van der Waals surface area contributed by atoms with Crippen molar-refractivity contribution in [1.29, 1.82) is 0 Å². The Morgan fingerprint density at radius 1 is 1.39 bits per heavy atom. The normalized spacial score (nSPS) is 18.6. The highest BCUT2D eigenvalue weighted by atomic mass is 16.4. The Bertz CT molecular complexity index is 410. The molecule has 1 aromatic heterocycles. The van der Waals surface area contributed by atoms with Crippen molar-refractivity contribution in [3.05, 3.63) is 5.89 Å². The minimum Gasteiger partial charge on any atom is -0.408 e. The van der Waals surface area contributed by atoms with Gasteiger partial charge in [-0.3, -0.25) is 10.1 Å². The van der Waals surface area contributed by atoms with E-state index in [1.165, 1.54) is 6.42 Å². The molecule has 100 valence electrons. The number of aryl methyl sites for hydroxylation is 1. The maximum absolute atomic E-state index is 12.0. The topological polar surface area (TPSA) is 94.0 Å². The third-order valence-electron chi connectivity index (χ3n) is 3.66. The molecule has 1 amide bonds. The van der Waals surface area contributed by atoms with E-state index in [0.717, 1.165) is 25.7 Å². The maximum atomic E-state index is 12.0. The van der Waals surface area contributed by atoms with E-state index < -0.39 is 0 Å². The van der Waals surface area contributed by atoms with Gasteiger partial charge in [0.2, 0.25) is 11.8 Å². The molecule has 1 aliphatic rings. The van der Waals surface area contributed by atoms with Gasteiger partial charge in [0.15, 0.2) is 0 Å². The van der Waals surface area contributed by atoms with Gasteiger partial charge >= 0.3 is 6.01 Å². The Morgan fingerprint density at radius 3 is 2.67 bits per heavy atom. The molecule has 1 aliphatic carbocycles. The summed E-state index contributed by atoms with van der Waals surface area (Å²) in [5.41, 5.74) is 5.81. The Morgan fingerprint density at radius 2 is 2.11 bits per heavy atom. The van der Waals surface area contributed by atoms with E-state index in [1.807, 2.05) is 0 Å². The number of hydrogen-bond acceptors (Lipinski definition) is 5. The Labute approximate surface area is 106 Å². The second kappa shape index (κ2) is 5.48. The molecule has 0 saturated heterocycles. The van der Waals surface area contributed by atoms with E-state index in [-0.39, 0.29) is 17.3 Å². The molecule has 0 atom stereocenters. The summed E-state index contributed by atoms with van der Waals surface area (Å²) in [4.78, 5) is 12.0. The van der Waals surface area contributed by atoms with Crippen LogP contribution in [0.1, 0.15) is 44.4 Å². The quantitative estimate of drug-likeness (QED) is 0.849. The van der Waals surface area contributed by atoms with Gasteiger partial charge in [-0.25, -0.2) is 0 Å². The standard InChI is InChI=1S/C12H20N4O2/c1-9-15-16-11(18-9)14-10(17)7-12(8-13)5-3-2-4-6-12/h2-8,13H2,1H3,(H,14,16,17). The summed E-state index contributed by atoms with van der Waals surface area (Å²) < 4.78 is 5.12. The molecule has 0 aliphatic heterocycles. The summed E-state index contributed by atoms with van der Waals surface area (Å²) in [6, 6.07) is 0.167. The fourth-order valence-corrected chi connectivity index (χ4v) is 2.61. The highest BCUT2D eigenvalue weighted by Crippen LogP contribution is 2.38. The first-order valence-corrected chi connectivity index (χ1v) is 6.44. The van der Waals surface area contributed by atoms with Gasteiger partial charge in [-0.1, -0.05) is 24.4 Å². The lowest BCUT2D eigenvalue weighted by molar-refractivity contribution is -0.119. The second-order valence-corrected chi connectivity index (χ2v) is 5.12. The van der Waals surface area contributed by atoms with Crippen molar-refractivity contribution in [2.24, 2.45) is 11.1 Å². The first-order valence-electron chi connectivity index (χ1n) is 6.44. The van der Waals surface area contributed by atoms with Crippen LogP contribution in [0.3, 0.4) is 0 Å². The fourth-order valence-electron chi connectivity index (χ4n) is 2.61. The van der Waals surface area contributed by atoms with Crippen LogP contribution in [-0.4, -0.2) is 22.6 Å². The van der Waals surface area contributed by atoms with Gasteiger partial charge in [0, 0.05) is 13.3 Å². The van der Waals surface area contributed by atoms with E-state index in [0.29, 0.717) is 18.9 Å². The Balaban J connectivity index is 1.93. The van der Waals surface area contributed by atoms with Gasteiger partial charge in [-0.2, -0.15) is 0 Å². The summed E-state index contributed by atoms with van der Waals surface area (Å²) in [7, 11) is 0. The summed E-state index contributed by atoms with van der Waals surface area (Å²) in [5, 5.41) is 10.0. The van der Waals surface area contributed by atoms with Gasteiger partial charge < -0.3 is 10.2 Å². The summed E-state index contributed by atoms with van der Waals surface area (Å²) in [6.45, 7) is 2.24. The number of aromatic nitrogens is 2. The molecule has 1 saturated carbocycles. The van der Waals surface area contributed by atoms with Crippen molar-refractivity contribution in [3.8, 4) is 0 Å². The number of carbonyl (C=O) groups excluding carboxylic acids is 1. The number of hydrogen-bond donors (Lipinski definition) is 2. The first-order chi connectivity index (χ1) is 8.63. The van der Waals surface area contributed by atoms with Crippen molar-refractivity contribution >= 4 is 11.9 Å². The van der Waals surface area contributed by atoms with Gasteiger partial charge in [-0.15, -0.1) is 5.10 Å². The number of nitrogens with two attached hydrogens (primary N) is 1. The zero-order valence-electron chi connectivity index (χ0n) is 10.7. The average molecular weight is 252 g/mol. The molecule has 0 bridgehead atoms. The molecule has 1 aromatic rings. The molecule has 3 N–H and O–H groups in total. The third-order valence-corrected chi connectivity index (χ3v) is 3.66. The summed E-state index contributed by atoms with van der Waals surface area (Å²) >= 11 is 0. The molecule has 0 unspecified atom stereocenters. The molecule has 2 rings (SSSR count). The number of amides is 1. The van der Waals surface area contributed by atoms with Crippen LogP contribution >= 0.6 is 0 Å². The van der Waals surface area contributed by atoms with Crippen LogP contribution in [0.25, 0.3) is 0 Å². The van der Waals surface area contributed by atoms with Gasteiger partial charge in [-0.05, 0) is 24.8 Å². The van der Waals surface area contributed by atoms with Crippen molar-refractivity contribution < 1.29 is 9.21 Å². The van der Waals surface area contributed by atoms with E-state index >= 15 is 0 Å². The van der Waals surface area contributed by atoms with Crippen LogP contribution < -0.4 is 11.1 Å². The molecular weight excluding hydrogens is 232 g/mol. The van der Waals surface area contributed by atoms with Crippen LogP contribution in [0.4, 0.5) is 6.01 Å². The highest BCUT2D eigenvalue weighted by molar-refractivity contribution is 5.89. The van der Waals surface area contributed by atoms with Crippen molar-refractivity contribution in [2.45, 2.75) is 45.4 Å². The van der Waals surface area contributed by atoms with E-state index in [9.17, 15) is 4.79 Å². The fraction of sp³-hybridized carbons (Fsp3) is 0.750. The summed E-state index contributed by atoms with van der Waals surface area (Å²) in [6.07, 6.45) is 6.05. The molecule has 0 radical (unpaired) electrons. The first kappa shape index (κ1) is 13.0. The van der Waals surface area contributed by atoms with Crippen LogP contribution in [0.15, 0.2) is 4.42 Å². The third kappa shape index (κ3) is 3.07. The molecular formula is C12H20N4O2. The molecule has 0 aromatic carbocycles. The van der Waals surface area contributed by atoms with Gasteiger partial charge in [0.05, 0.1) is 0 Å². The van der Waals surface area contributed by atoms with Crippen LogP contribution in [0.2, 0.25) is 0 Å². The van der Waals surface area contributed by atoms with E-state index in [2.05, 4.69) is 15.5 Å². The predicted molar refractivity (Wildman–Crippen MR) is 66.9 cm³/mol. The number of nitrogens with one attached hydrogen (secondary N) is 1. The molecule has 1 heterocycles. The minimum atomic E-state index is -0.0917. The predicted octanol–water partition coefficient (Wildman–Crippen LogP) is 1.62. The highest BCUT2D eigenvalue weighted by Gasteiger charge is 2.33. The molecule has 0 spiro atoms. The second-order valence-electron chi connectivity index (χ2n) is 5.12. The zero-order chi connectivity index (χ0) is 13.0. The van der Waals surface area contributed by atoms with Gasteiger partial charge in [0.1, 0.15) is 0 Å². The monoisotopic (exact) mass is 252 g/mol. The average Bonchev–Trinajstić information content (AvgIpc) is 2.75. The number of rotatable bonds is 4. The van der Waals surface area contributed by atoms with Crippen molar-refractivity contribution in [2.75, 3.05) is 11.9 Å². The molecule has 1 fully saturated rings. The molecule has 6 heteroatoms. The van der Waals surface area contributed by atoms with Gasteiger partial charge in [0.25, 0.3) is 0 Å². The number of anilines is 1. The maximum Gasteiger partial charge on any atom is 0.322 e. The smallest absolute Gasteiger partial charge is 0.322 e.